The van der Waals surface area contributed by atoms with E-state index in [4.69, 9.17) is 17.3 Å². The summed E-state index contributed by atoms with van der Waals surface area (Å²) < 4.78 is 1.96. The molecule has 3 rings (SSSR count). The highest BCUT2D eigenvalue weighted by molar-refractivity contribution is 6.30. The van der Waals surface area contributed by atoms with Gasteiger partial charge in [-0.2, -0.15) is 0 Å². The van der Waals surface area contributed by atoms with Gasteiger partial charge in [0, 0.05) is 28.2 Å². The Morgan fingerprint density at radius 1 is 0.947 bits per heavy atom. The van der Waals surface area contributed by atoms with Crippen molar-refractivity contribution < 1.29 is 0 Å². The van der Waals surface area contributed by atoms with Crippen LogP contribution in [-0.4, -0.2) is 9.55 Å². The molecular weight excluding hydrogens is 258 g/mol. The molecule has 0 saturated carbocycles. The predicted octanol–water partition coefficient (Wildman–Crippen LogP) is 3.77. The molecule has 0 aliphatic heterocycles. The van der Waals surface area contributed by atoms with Crippen molar-refractivity contribution in [1.29, 1.82) is 0 Å². The number of hydrogen-bond donors (Lipinski definition) is 1. The fourth-order valence-corrected chi connectivity index (χ4v) is 2.01. The quantitative estimate of drug-likeness (QED) is 0.720. The second-order valence-corrected chi connectivity index (χ2v) is 4.70. The van der Waals surface area contributed by atoms with E-state index >= 15 is 0 Å². The lowest BCUT2D eigenvalue weighted by atomic mass is 10.1. The van der Waals surface area contributed by atoms with Gasteiger partial charge in [-0.3, -0.25) is 0 Å². The normalized spacial score (nSPS) is 10.6. The van der Waals surface area contributed by atoms with Crippen LogP contribution < -0.4 is 5.73 Å². The van der Waals surface area contributed by atoms with Gasteiger partial charge in [-0.1, -0.05) is 23.7 Å². The van der Waals surface area contributed by atoms with E-state index in [1.165, 1.54) is 0 Å². The van der Waals surface area contributed by atoms with Gasteiger partial charge in [0.2, 0.25) is 0 Å². The summed E-state index contributed by atoms with van der Waals surface area (Å²) in [5.74, 6) is 0. The number of nitrogen functional groups attached to an aromatic ring is 1. The zero-order chi connectivity index (χ0) is 13.2. The molecule has 0 bridgehead atoms. The third kappa shape index (κ3) is 2.46. The summed E-state index contributed by atoms with van der Waals surface area (Å²) in [6.45, 7) is 0. The summed E-state index contributed by atoms with van der Waals surface area (Å²) in [7, 11) is 0. The molecule has 4 heteroatoms. The first kappa shape index (κ1) is 11.8. The van der Waals surface area contributed by atoms with Crippen LogP contribution in [0.5, 0.6) is 0 Å². The third-order valence-electron chi connectivity index (χ3n) is 2.91. The number of halogens is 1. The van der Waals surface area contributed by atoms with Gasteiger partial charge in [-0.25, -0.2) is 4.98 Å². The number of rotatable bonds is 2. The number of nitrogens with zero attached hydrogens (tertiary/aromatic N) is 2. The van der Waals surface area contributed by atoms with Crippen LogP contribution in [-0.2, 0) is 0 Å². The maximum atomic E-state index is 5.88. The van der Waals surface area contributed by atoms with Crippen LogP contribution in [0.15, 0.2) is 61.1 Å². The van der Waals surface area contributed by atoms with E-state index < -0.39 is 0 Å². The highest BCUT2D eigenvalue weighted by atomic mass is 35.5. The third-order valence-corrected chi connectivity index (χ3v) is 3.17. The molecule has 2 N–H and O–H groups in total. The molecule has 0 aliphatic rings. The SMILES string of the molecule is Nc1ccc(-c2cn(-c3ccc(Cl)cc3)cn2)cc1. The van der Waals surface area contributed by atoms with Crippen molar-refractivity contribution in [1.82, 2.24) is 9.55 Å². The lowest BCUT2D eigenvalue weighted by Gasteiger charge is -2.01. The highest BCUT2D eigenvalue weighted by Gasteiger charge is 2.03. The van der Waals surface area contributed by atoms with Crippen molar-refractivity contribution in [2.24, 2.45) is 0 Å². The highest BCUT2D eigenvalue weighted by Crippen LogP contribution is 2.20. The molecule has 0 aliphatic carbocycles. The molecule has 19 heavy (non-hydrogen) atoms. The molecule has 3 aromatic rings. The van der Waals surface area contributed by atoms with E-state index in [-0.39, 0.29) is 0 Å². The Hall–Kier alpha value is -2.26. The van der Waals surface area contributed by atoms with Crippen LogP contribution in [0, 0.1) is 0 Å². The minimum Gasteiger partial charge on any atom is -0.399 e. The van der Waals surface area contributed by atoms with Crippen LogP contribution in [0.1, 0.15) is 0 Å². The Balaban J connectivity index is 1.95. The standard InChI is InChI=1S/C15H12ClN3/c16-12-3-7-14(8-4-12)19-9-15(18-10-19)11-1-5-13(17)6-2-11/h1-10H,17H2. The number of nitrogens with two attached hydrogens (primary N) is 1. The van der Waals surface area contributed by atoms with E-state index in [1.807, 2.05) is 59.3 Å². The van der Waals surface area contributed by atoms with Crippen molar-refractivity contribution in [3.63, 3.8) is 0 Å². The van der Waals surface area contributed by atoms with Crippen molar-refractivity contribution in [3.05, 3.63) is 66.1 Å². The van der Waals surface area contributed by atoms with Gasteiger partial charge in [-0.15, -0.1) is 0 Å². The number of benzene rings is 2. The second-order valence-electron chi connectivity index (χ2n) is 4.26. The largest absolute Gasteiger partial charge is 0.399 e. The fourth-order valence-electron chi connectivity index (χ4n) is 1.88. The summed E-state index contributed by atoms with van der Waals surface area (Å²) in [5, 5.41) is 0.725. The Labute approximate surface area is 116 Å². The van der Waals surface area contributed by atoms with E-state index in [1.54, 1.807) is 6.33 Å². The zero-order valence-electron chi connectivity index (χ0n) is 10.1. The maximum Gasteiger partial charge on any atom is 0.0999 e. The summed E-state index contributed by atoms with van der Waals surface area (Å²) in [4.78, 5) is 4.40. The van der Waals surface area contributed by atoms with Crippen LogP contribution in [0.3, 0.4) is 0 Å². The van der Waals surface area contributed by atoms with Gasteiger partial charge in [0.05, 0.1) is 12.0 Å². The minimum absolute atomic E-state index is 0.725. The lowest BCUT2D eigenvalue weighted by Crippen LogP contribution is -1.88. The Morgan fingerprint density at radius 3 is 2.32 bits per heavy atom. The fraction of sp³-hybridized carbons (Fsp3) is 0. The smallest absolute Gasteiger partial charge is 0.0999 e. The van der Waals surface area contributed by atoms with Gasteiger partial charge in [0.15, 0.2) is 0 Å². The lowest BCUT2D eigenvalue weighted by molar-refractivity contribution is 1.06. The van der Waals surface area contributed by atoms with Gasteiger partial charge in [0.1, 0.15) is 0 Å². The van der Waals surface area contributed by atoms with Crippen LogP contribution >= 0.6 is 11.6 Å². The van der Waals surface area contributed by atoms with Crippen molar-refractivity contribution >= 4 is 17.3 Å². The van der Waals surface area contributed by atoms with E-state index in [0.717, 1.165) is 27.7 Å². The summed E-state index contributed by atoms with van der Waals surface area (Å²) in [6, 6.07) is 15.3. The molecule has 0 saturated heterocycles. The molecule has 0 amide bonds. The maximum absolute atomic E-state index is 5.88. The first-order valence-corrected chi connectivity index (χ1v) is 6.26. The average molecular weight is 270 g/mol. The predicted molar refractivity (Wildman–Crippen MR) is 78.4 cm³/mol. The minimum atomic E-state index is 0.725. The molecule has 1 aromatic heterocycles. The van der Waals surface area contributed by atoms with Gasteiger partial charge in [-0.05, 0) is 36.4 Å². The molecule has 1 heterocycles. The Bertz CT molecular complexity index is 624. The van der Waals surface area contributed by atoms with Gasteiger partial charge in [0.25, 0.3) is 0 Å². The van der Waals surface area contributed by atoms with Crippen molar-refractivity contribution in [3.8, 4) is 16.9 Å². The Morgan fingerprint density at radius 2 is 1.63 bits per heavy atom. The molecule has 0 unspecified atom stereocenters. The number of hydrogen-bond acceptors (Lipinski definition) is 2. The number of aromatic nitrogens is 2. The van der Waals surface area contributed by atoms with Crippen molar-refractivity contribution in [2.75, 3.05) is 5.73 Å². The van der Waals surface area contributed by atoms with E-state index in [2.05, 4.69) is 4.98 Å². The topological polar surface area (TPSA) is 43.8 Å². The number of imidazole rings is 1. The Kier molecular flexibility index (Phi) is 2.97. The molecule has 94 valence electrons. The van der Waals surface area contributed by atoms with Crippen LogP contribution in [0.4, 0.5) is 5.69 Å². The molecule has 3 nitrogen and oxygen atoms in total. The first-order chi connectivity index (χ1) is 9.22. The molecular formula is C15H12ClN3. The summed E-state index contributed by atoms with van der Waals surface area (Å²) in [6.07, 6.45) is 3.77. The van der Waals surface area contributed by atoms with E-state index in [0.29, 0.717) is 0 Å². The number of anilines is 1. The molecule has 0 atom stereocenters. The summed E-state index contributed by atoms with van der Waals surface area (Å²) in [5.41, 5.74) is 9.41. The van der Waals surface area contributed by atoms with Crippen LogP contribution in [0.25, 0.3) is 16.9 Å². The van der Waals surface area contributed by atoms with Crippen LogP contribution in [0.2, 0.25) is 5.02 Å². The zero-order valence-corrected chi connectivity index (χ0v) is 10.9. The summed E-state index contributed by atoms with van der Waals surface area (Å²) >= 11 is 5.88. The monoisotopic (exact) mass is 269 g/mol. The molecule has 2 aromatic carbocycles. The van der Waals surface area contributed by atoms with Gasteiger partial charge >= 0.3 is 0 Å². The van der Waals surface area contributed by atoms with Crippen molar-refractivity contribution in [2.45, 2.75) is 0 Å². The van der Waals surface area contributed by atoms with Gasteiger partial charge < -0.3 is 10.3 Å². The first-order valence-electron chi connectivity index (χ1n) is 5.88. The second kappa shape index (κ2) is 4.78. The molecule has 0 spiro atoms. The molecule has 0 radical (unpaired) electrons. The van der Waals surface area contributed by atoms with E-state index in [9.17, 15) is 0 Å². The molecule has 0 fully saturated rings. The average Bonchev–Trinajstić information content (AvgIpc) is 2.90.